The molecule has 0 amide bonds. The molecule has 1 heterocycles. The van der Waals surface area contributed by atoms with Crippen molar-refractivity contribution in [1.82, 2.24) is 9.97 Å². The molecular weight excluding hydrogens is 188 g/mol. The molecule has 0 aliphatic carbocycles. The minimum atomic E-state index is -0.971. The summed E-state index contributed by atoms with van der Waals surface area (Å²) in [5.41, 5.74) is 0. The van der Waals surface area contributed by atoms with Crippen molar-refractivity contribution in [2.24, 2.45) is 0 Å². The fraction of sp³-hybridized carbons (Fsp3) is 0.333. The molecule has 0 saturated heterocycles. The highest BCUT2D eigenvalue weighted by Gasteiger charge is 2.12. The summed E-state index contributed by atoms with van der Waals surface area (Å²) >= 11 is 5.18. The van der Waals surface area contributed by atoms with E-state index in [0.29, 0.717) is 0 Å². The summed E-state index contributed by atoms with van der Waals surface area (Å²) in [4.78, 5) is 7.68. The summed E-state index contributed by atoms with van der Waals surface area (Å²) in [6, 6.07) is 0. The van der Waals surface area contributed by atoms with E-state index in [2.05, 4.69) is 9.97 Å². The molecule has 0 aliphatic rings. The van der Waals surface area contributed by atoms with Crippen LogP contribution in [0.15, 0.2) is 0 Å². The Bertz CT molecular complexity index is 303. The number of hydrogen-bond acceptors (Lipinski definition) is 3. The second kappa shape index (κ2) is 3.18. The van der Waals surface area contributed by atoms with Gasteiger partial charge in [0.2, 0.25) is 0 Å². The van der Waals surface area contributed by atoms with Gasteiger partial charge >= 0.3 is 0 Å². The number of anilines is 1. The van der Waals surface area contributed by atoms with E-state index in [9.17, 15) is 8.78 Å². The van der Waals surface area contributed by atoms with Crippen LogP contribution in [0.2, 0.25) is 5.15 Å². The van der Waals surface area contributed by atoms with E-state index >= 15 is 0 Å². The van der Waals surface area contributed by atoms with Crippen molar-refractivity contribution in [3.8, 4) is 0 Å². The predicted molar refractivity (Wildman–Crippen MR) is 41.3 cm³/mol. The first-order chi connectivity index (χ1) is 5.52. The van der Waals surface area contributed by atoms with Crippen molar-refractivity contribution < 1.29 is 8.78 Å². The van der Waals surface area contributed by atoms with Crippen molar-refractivity contribution >= 4 is 17.4 Å². The summed E-state index contributed by atoms with van der Waals surface area (Å²) in [7, 11) is 3.06. The van der Waals surface area contributed by atoms with Gasteiger partial charge in [-0.3, -0.25) is 0 Å². The lowest BCUT2D eigenvalue weighted by Crippen LogP contribution is -2.14. The zero-order valence-electron chi connectivity index (χ0n) is 6.48. The van der Waals surface area contributed by atoms with Crippen molar-refractivity contribution in [3.05, 3.63) is 17.0 Å². The van der Waals surface area contributed by atoms with Gasteiger partial charge in [0.25, 0.3) is 11.9 Å². The van der Waals surface area contributed by atoms with E-state index < -0.39 is 17.0 Å². The Morgan fingerprint density at radius 2 is 1.75 bits per heavy atom. The van der Waals surface area contributed by atoms with Crippen LogP contribution < -0.4 is 4.90 Å². The van der Waals surface area contributed by atoms with Crippen molar-refractivity contribution in [3.63, 3.8) is 0 Å². The third kappa shape index (κ3) is 1.61. The van der Waals surface area contributed by atoms with E-state index in [1.165, 1.54) is 19.0 Å². The van der Waals surface area contributed by atoms with Gasteiger partial charge in [-0.15, -0.1) is 0 Å². The number of halogens is 3. The van der Waals surface area contributed by atoms with Crippen LogP contribution in [0.1, 0.15) is 0 Å². The Morgan fingerprint density at radius 3 is 2.25 bits per heavy atom. The maximum atomic E-state index is 12.8. The van der Waals surface area contributed by atoms with E-state index in [4.69, 9.17) is 11.6 Å². The highest BCUT2D eigenvalue weighted by atomic mass is 35.5. The molecule has 0 unspecified atom stereocenters. The van der Waals surface area contributed by atoms with Gasteiger partial charge in [0, 0.05) is 14.1 Å². The molecule has 0 bridgehead atoms. The molecule has 3 nitrogen and oxygen atoms in total. The molecule has 0 aromatic carbocycles. The highest BCUT2D eigenvalue weighted by molar-refractivity contribution is 6.29. The number of aromatic nitrogens is 2. The van der Waals surface area contributed by atoms with Crippen molar-refractivity contribution in [1.29, 1.82) is 0 Å². The number of rotatable bonds is 1. The lowest BCUT2D eigenvalue weighted by Gasteiger charge is -2.10. The van der Waals surface area contributed by atoms with Gasteiger partial charge in [-0.05, 0) is 0 Å². The topological polar surface area (TPSA) is 29.0 Å². The first-order valence-electron chi connectivity index (χ1n) is 3.08. The Kier molecular flexibility index (Phi) is 2.42. The zero-order chi connectivity index (χ0) is 9.30. The van der Waals surface area contributed by atoms with E-state index in [1.807, 2.05) is 0 Å². The van der Waals surface area contributed by atoms with E-state index in [0.717, 1.165) is 0 Å². The second-order valence-electron chi connectivity index (χ2n) is 2.31. The Morgan fingerprint density at radius 1 is 1.17 bits per heavy atom. The fourth-order valence-corrected chi connectivity index (χ4v) is 0.769. The molecule has 1 aromatic rings. The first-order valence-corrected chi connectivity index (χ1v) is 3.46. The largest absolute Gasteiger partial charge is 0.359 e. The summed E-state index contributed by atoms with van der Waals surface area (Å²) in [6.45, 7) is 0. The number of nitrogens with zero attached hydrogens (tertiary/aromatic N) is 3. The van der Waals surface area contributed by atoms with Crippen LogP contribution in [0.5, 0.6) is 0 Å². The van der Waals surface area contributed by atoms with Gasteiger partial charge in [0.05, 0.1) is 0 Å². The van der Waals surface area contributed by atoms with E-state index in [1.54, 1.807) is 0 Å². The van der Waals surface area contributed by atoms with Crippen LogP contribution in [0.3, 0.4) is 0 Å². The maximum absolute atomic E-state index is 12.8. The monoisotopic (exact) mass is 193 g/mol. The smallest absolute Gasteiger partial charge is 0.257 e. The standard InChI is InChI=1S/C6H6ClF2N3/c1-12(2)6-5(9)10-3(7)4(8)11-6/h1-2H3. The third-order valence-corrected chi connectivity index (χ3v) is 1.42. The van der Waals surface area contributed by atoms with Crippen LogP contribution in [0, 0.1) is 11.9 Å². The molecule has 66 valence electrons. The minimum absolute atomic E-state index is 0.170. The molecule has 0 radical (unpaired) electrons. The molecule has 12 heavy (non-hydrogen) atoms. The van der Waals surface area contributed by atoms with Gasteiger partial charge in [0.15, 0.2) is 11.0 Å². The fourth-order valence-electron chi connectivity index (χ4n) is 0.652. The average Bonchev–Trinajstić information content (AvgIpc) is 1.96. The molecule has 0 saturated carbocycles. The first kappa shape index (κ1) is 9.12. The number of hydrogen-bond donors (Lipinski definition) is 0. The Balaban J connectivity index is 3.23. The van der Waals surface area contributed by atoms with Crippen LogP contribution in [-0.2, 0) is 0 Å². The van der Waals surface area contributed by atoms with Gasteiger partial charge in [-0.25, -0.2) is 0 Å². The van der Waals surface area contributed by atoms with Crippen LogP contribution in [0.25, 0.3) is 0 Å². The minimum Gasteiger partial charge on any atom is -0.359 e. The summed E-state index contributed by atoms with van der Waals surface area (Å²) in [6.07, 6.45) is 0. The van der Waals surface area contributed by atoms with Gasteiger partial charge < -0.3 is 4.90 Å². The molecule has 0 N–H and O–H groups in total. The lowest BCUT2D eigenvalue weighted by atomic mass is 10.6. The normalized spacial score (nSPS) is 10.1. The molecule has 6 heteroatoms. The quantitative estimate of drug-likeness (QED) is 0.677. The van der Waals surface area contributed by atoms with E-state index in [-0.39, 0.29) is 5.82 Å². The molecule has 0 atom stereocenters. The average molecular weight is 194 g/mol. The maximum Gasteiger partial charge on any atom is 0.257 e. The summed E-state index contributed by atoms with van der Waals surface area (Å²) < 4.78 is 25.4. The molecule has 0 aliphatic heterocycles. The van der Waals surface area contributed by atoms with Crippen LogP contribution in [0.4, 0.5) is 14.6 Å². The molecule has 1 aromatic heterocycles. The SMILES string of the molecule is CN(C)c1nc(F)c(Cl)nc1F. The predicted octanol–water partition coefficient (Wildman–Crippen LogP) is 1.47. The molecule has 0 fully saturated rings. The highest BCUT2D eigenvalue weighted by Crippen LogP contribution is 2.16. The third-order valence-electron chi connectivity index (χ3n) is 1.18. The van der Waals surface area contributed by atoms with Crippen molar-refractivity contribution in [2.45, 2.75) is 0 Å². The molecular formula is C6H6ClF2N3. The summed E-state index contributed by atoms with van der Waals surface area (Å²) in [5.74, 6) is -2.02. The Labute approximate surface area is 73.0 Å². The van der Waals surface area contributed by atoms with Crippen molar-refractivity contribution in [2.75, 3.05) is 19.0 Å². The lowest BCUT2D eigenvalue weighted by molar-refractivity contribution is 0.529. The zero-order valence-corrected chi connectivity index (χ0v) is 7.23. The molecule has 1 rings (SSSR count). The van der Waals surface area contributed by atoms with Gasteiger partial charge in [-0.1, -0.05) is 11.6 Å². The molecule has 0 spiro atoms. The van der Waals surface area contributed by atoms with Gasteiger partial charge in [0.1, 0.15) is 0 Å². The summed E-state index contributed by atoms with van der Waals surface area (Å²) in [5, 5.41) is -0.557. The Hall–Kier alpha value is -0.970. The van der Waals surface area contributed by atoms with Crippen LogP contribution >= 0.6 is 11.6 Å². The second-order valence-corrected chi connectivity index (χ2v) is 2.67. The van der Waals surface area contributed by atoms with Gasteiger partial charge in [-0.2, -0.15) is 18.7 Å². The van der Waals surface area contributed by atoms with Crippen LogP contribution in [-0.4, -0.2) is 24.1 Å².